The highest BCUT2D eigenvalue weighted by Crippen LogP contribution is 2.24. The molecule has 0 fully saturated rings. The predicted molar refractivity (Wildman–Crippen MR) is 95.4 cm³/mol. The summed E-state index contributed by atoms with van der Waals surface area (Å²) in [4.78, 5) is 1.31. The molecular weight excluding hydrogens is 274 g/mol. The molecule has 1 N–H and O–H groups in total. The molecule has 0 bridgehead atoms. The molecule has 2 rings (SSSR count). The first-order valence-corrected chi connectivity index (χ1v) is 8.87. The van der Waals surface area contributed by atoms with Gasteiger partial charge in [0.1, 0.15) is 0 Å². The van der Waals surface area contributed by atoms with Crippen LogP contribution in [-0.4, -0.2) is 6.26 Å². The van der Waals surface area contributed by atoms with E-state index in [0.717, 1.165) is 0 Å². The van der Waals surface area contributed by atoms with Crippen LogP contribution >= 0.6 is 11.8 Å². The standard InChI is InChI=1S/C19H25NS/c1-5-14(2)16-6-10-18(11-7-16)20-15(3)17-8-12-19(21-4)13-9-17/h6-15,20H,5H2,1-4H3. The Labute approximate surface area is 133 Å². The maximum atomic E-state index is 3.57. The number of rotatable bonds is 6. The lowest BCUT2D eigenvalue weighted by atomic mass is 9.98. The third-order valence-electron chi connectivity index (χ3n) is 4.09. The highest BCUT2D eigenvalue weighted by atomic mass is 32.2. The molecule has 0 aliphatic heterocycles. The minimum absolute atomic E-state index is 0.315. The van der Waals surface area contributed by atoms with E-state index in [-0.39, 0.29) is 0 Å². The molecule has 2 unspecified atom stereocenters. The van der Waals surface area contributed by atoms with E-state index >= 15 is 0 Å². The van der Waals surface area contributed by atoms with Gasteiger partial charge in [0.2, 0.25) is 0 Å². The van der Waals surface area contributed by atoms with Crippen molar-refractivity contribution in [1.29, 1.82) is 0 Å². The Hall–Kier alpha value is -1.41. The number of benzene rings is 2. The Morgan fingerprint density at radius 3 is 2.00 bits per heavy atom. The van der Waals surface area contributed by atoms with Crippen LogP contribution in [0.2, 0.25) is 0 Å². The van der Waals surface area contributed by atoms with E-state index in [0.29, 0.717) is 12.0 Å². The van der Waals surface area contributed by atoms with Crippen molar-refractivity contribution in [3.8, 4) is 0 Å². The molecule has 2 heteroatoms. The third kappa shape index (κ3) is 4.28. The van der Waals surface area contributed by atoms with Crippen molar-refractivity contribution in [2.45, 2.75) is 44.0 Å². The Morgan fingerprint density at radius 1 is 0.905 bits per heavy atom. The van der Waals surface area contributed by atoms with Crippen molar-refractivity contribution < 1.29 is 0 Å². The monoisotopic (exact) mass is 299 g/mol. The van der Waals surface area contributed by atoms with Crippen LogP contribution in [0.3, 0.4) is 0 Å². The second-order valence-electron chi connectivity index (χ2n) is 5.57. The average molecular weight is 299 g/mol. The zero-order valence-electron chi connectivity index (χ0n) is 13.4. The summed E-state index contributed by atoms with van der Waals surface area (Å²) < 4.78 is 0. The molecule has 112 valence electrons. The molecule has 0 amide bonds. The van der Waals surface area contributed by atoms with Crippen LogP contribution in [0.25, 0.3) is 0 Å². The summed E-state index contributed by atoms with van der Waals surface area (Å²) in [5.74, 6) is 0.635. The van der Waals surface area contributed by atoms with Gasteiger partial charge in [0.05, 0.1) is 0 Å². The van der Waals surface area contributed by atoms with Crippen LogP contribution in [0.4, 0.5) is 5.69 Å². The van der Waals surface area contributed by atoms with E-state index in [1.165, 1.54) is 28.1 Å². The smallest absolute Gasteiger partial charge is 0.0485 e. The van der Waals surface area contributed by atoms with Crippen molar-refractivity contribution in [2.24, 2.45) is 0 Å². The quantitative estimate of drug-likeness (QED) is 0.647. The van der Waals surface area contributed by atoms with Crippen LogP contribution in [0.15, 0.2) is 53.4 Å². The van der Waals surface area contributed by atoms with E-state index in [9.17, 15) is 0 Å². The molecular formula is C19H25NS. The highest BCUT2D eigenvalue weighted by molar-refractivity contribution is 7.98. The first kappa shape index (κ1) is 16.0. The second kappa shape index (κ2) is 7.56. The van der Waals surface area contributed by atoms with E-state index in [2.05, 4.69) is 80.9 Å². The molecule has 2 aromatic rings. The predicted octanol–water partition coefficient (Wildman–Crippen LogP) is 6.10. The lowest BCUT2D eigenvalue weighted by Gasteiger charge is -2.17. The first-order chi connectivity index (χ1) is 10.1. The normalized spacial score (nSPS) is 13.7. The molecule has 0 saturated carbocycles. The van der Waals surface area contributed by atoms with E-state index < -0.39 is 0 Å². The summed E-state index contributed by atoms with van der Waals surface area (Å²) in [6, 6.07) is 17.9. The number of hydrogen-bond acceptors (Lipinski definition) is 2. The molecule has 0 aliphatic rings. The van der Waals surface area contributed by atoms with Crippen LogP contribution in [0.5, 0.6) is 0 Å². The van der Waals surface area contributed by atoms with E-state index in [1.807, 2.05) is 0 Å². The van der Waals surface area contributed by atoms with Gasteiger partial charge in [-0.2, -0.15) is 0 Å². The van der Waals surface area contributed by atoms with Gasteiger partial charge in [-0.05, 0) is 60.9 Å². The molecule has 2 aromatic carbocycles. The summed E-state index contributed by atoms with van der Waals surface area (Å²) in [5, 5.41) is 3.57. The summed E-state index contributed by atoms with van der Waals surface area (Å²) >= 11 is 1.78. The summed E-state index contributed by atoms with van der Waals surface area (Å²) in [6.45, 7) is 6.71. The van der Waals surface area contributed by atoms with Gasteiger partial charge in [0.15, 0.2) is 0 Å². The molecule has 0 aliphatic carbocycles. The minimum Gasteiger partial charge on any atom is -0.379 e. The summed E-state index contributed by atoms with van der Waals surface area (Å²) in [6.07, 6.45) is 3.29. The Kier molecular flexibility index (Phi) is 5.75. The molecule has 0 radical (unpaired) electrons. The second-order valence-corrected chi connectivity index (χ2v) is 6.45. The maximum Gasteiger partial charge on any atom is 0.0485 e. The topological polar surface area (TPSA) is 12.0 Å². The lowest BCUT2D eigenvalue weighted by Crippen LogP contribution is -2.06. The number of thioether (sulfide) groups is 1. The van der Waals surface area contributed by atoms with Crippen molar-refractivity contribution in [1.82, 2.24) is 0 Å². The van der Waals surface area contributed by atoms with Crippen molar-refractivity contribution >= 4 is 17.4 Å². The molecule has 2 atom stereocenters. The van der Waals surface area contributed by atoms with Gasteiger partial charge < -0.3 is 5.32 Å². The van der Waals surface area contributed by atoms with Gasteiger partial charge in [-0.3, -0.25) is 0 Å². The maximum absolute atomic E-state index is 3.57. The van der Waals surface area contributed by atoms with Gasteiger partial charge >= 0.3 is 0 Å². The average Bonchev–Trinajstić information content (AvgIpc) is 2.55. The molecule has 0 saturated heterocycles. The van der Waals surface area contributed by atoms with Crippen molar-refractivity contribution in [3.05, 3.63) is 59.7 Å². The van der Waals surface area contributed by atoms with E-state index in [4.69, 9.17) is 0 Å². The molecule has 1 nitrogen and oxygen atoms in total. The zero-order chi connectivity index (χ0) is 15.2. The number of nitrogens with one attached hydrogen (secondary N) is 1. The molecule has 21 heavy (non-hydrogen) atoms. The lowest BCUT2D eigenvalue weighted by molar-refractivity contribution is 0.733. The Bertz CT molecular complexity index is 545. The first-order valence-electron chi connectivity index (χ1n) is 7.64. The summed E-state index contributed by atoms with van der Waals surface area (Å²) in [5.41, 5.74) is 3.92. The fourth-order valence-electron chi connectivity index (χ4n) is 2.37. The van der Waals surface area contributed by atoms with Gasteiger partial charge in [-0.1, -0.05) is 38.1 Å². The third-order valence-corrected chi connectivity index (χ3v) is 4.83. The molecule has 0 aromatic heterocycles. The molecule has 0 spiro atoms. The Morgan fingerprint density at radius 2 is 1.48 bits per heavy atom. The zero-order valence-corrected chi connectivity index (χ0v) is 14.2. The SMILES string of the molecule is CCC(C)c1ccc(NC(C)c2ccc(SC)cc2)cc1. The fraction of sp³-hybridized carbons (Fsp3) is 0.368. The molecule has 0 heterocycles. The van der Waals surface area contributed by atoms with E-state index in [1.54, 1.807) is 11.8 Å². The van der Waals surface area contributed by atoms with Gasteiger partial charge in [0.25, 0.3) is 0 Å². The van der Waals surface area contributed by atoms with Gasteiger partial charge in [-0.15, -0.1) is 11.8 Å². The van der Waals surface area contributed by atoms with Crippen LogP contribution in [0, 0.1) is 0 Å². The highest BCUT2D eigenvalue weighted by Gasteiger charge is 2.06. The largest absolute Gasteiger partial charge is 0.379 e. The number of anilines is 1. The van der Waals surface area contributed by atoms with Gasteiger partial charge in [-0.25, -0.2) is 0 Å². The summed E-state index contributed by atoms with van der Waals surface area (Å²) in [7, 11) is 0. The van der Waals surface area contributed by atoms with Crippen LogP contribution in [-0.2, 0) is 0 Å². The number of hydrogen-bond donors (Lipinski definition) is 1. The Balaban J connectivity index is 2.02. The van der Waals surface area contributed by atoms with Crippen LogP contribution < -0.4 is 5.32 Å². The fourth-order valence-corrected chi connectivity index (χ4v) is 2.78. The van der Waals surface area contributed by atoms with Crippen LogP contribution in [0.1, 0.15) is 50.3 Å². The van der Waals surface area contributed by atoms with Crippen molar-refractivity contribution in [2.75, 3.05) is 11.6 Å². The van der Waals surface area contributed by atoms with Gasteiger partial charge in [0, 0.05) is 16.6 Å². The minimum atomic E-state index is 0.315. The van der Waals surface area contributed by atoms with Crippen molar-refractivity contribution in [3.63, 3.8) is 0 Å².